The van der Waals surface area contributed by atoms with Crippen LogP contribution in [0.5, 0.6) is 0 Å². The smallest absolute Gasteiger partial charge is 0.141 e. The number of nitrogens with one attached hydrogen (secondary N) is 1. The maximum atomic E-state index is 12.4. The molecule has 1 unspecified atom stereocenters. The van der Waals surface area contributed by atoms with Gasteiger partial charge in [0, 0.05) is 47.7 Å². The Kier molecular flexibility index (Phi) is 11.1. The Bertz CT molecular complexity index is 1460. The maximum absolute atomic E-state index is 12.4. The number of aryl methyl sites for hydroxylation is 1. The third-order valence-corrected chi connectivity index (χ3v) is 6.78. The van der Waals surface area contributed by atoms with Crippen LogP contribution in [0.1, 0.15) is 40.5 Å². The van der Waals surface area contributed by atoms with E-state index in [9.17, 15) is 4.39 Å². The number of nitrogen functional groups attached to an aromatic ring is 1. The maximum Gasteiger partial charge on any atom is 0.141 e. The molecular formula is C29H39FN8S. The molecule has 0 spiro atoms. The molecule has 39 heavy (non-hydrogen) atoms. The molecule has 0 aliphatic carbocycles. The Morgan fingerprint density at radius 3 is 2.49 bits per heavy atom. The van der Waals surface area contributed by atoms with Crippen LogP contribution in [0.2, 0.25) is 0 Å². The SMILES string of the molecule is CC.CC.CN1CCCC(F)C1.Cn1cc(-c2cc3ncnc(Nc4ccc5ncsc5c4)c3cc2N)cn1. The first-order valence-electron chi connectivity index (χ1n) is 13.4. The fraction of sp³-hybridized carbons (Fsp3) is 0.379. The molecular weight excluding hydrogens is 511 g/mol. The average molecular weight is 551 g/mol. The molecule has 1 fully saturated rings. The van der Waals surface area contributed by atoms with Gasteiger partial charge < -0.3 is 16.0 Å². The van der Waals surface area contributed by atoms with E-state index in [0.717, 1.165) is 57.3 Å². The molecule has 1 aliphatic heterocycles. The summed E-state index contributed by atoms with van der Waals surface area (Å²) in [6.45, 7) is 9.71. The van der Waals surface area contributed by atoms with Crippen molar-refractivity contribution in [3.8, 4) is 11.1 Å². The van der Waals surface area contributed by atoms with Gasteiger partial charge in [0.25, 0.3) is 0 Å². The predicted molar refractivity (Wildman–Crippen MR) is 163 cm³/mol. The van der Waals surface area contributed by atoms with Crippen molar-refractivity contribution in [2.45, 2.75) is 46.7 Å². The van der Waals surface area contributed by atoms with E-state index >= 15 is 0 Å². The van der Waals surface area contributed by atoms with Crippen molar-refractivity contribution in [2.75, 3.05) is 31.2 Å². The topological polar surface area (TPSA) is 97.8 Å². The second-order valence-electron chi connectivity index (χ2n) is 8.74. The lowest BCUT2D eigenvalue weighted by molar-refractivity contribution is 0.163. The molecule has 0 radical (unpaired) electrons. The molecule has 5 aromatic rings. The first-order chi connectivity index (χ1) is 19.0. The Labute approximate surface area is 234 Å². The second-order valence-corrected chi connectivity index (χ2v) is 9.63. The number of nitrogens with zero attached hydrogens (tertiary/aromatic N) is 6. The highest BCUT2D eigenvalue weighted by atomic mass is 32.1. The van der Waals surface area contributed by atoms with Gasteiger partial charge in [-0.15, -0.1) is 11.3 Å². The first-order valence-corrected chi connectivity index (χ1v) is 14.3. The van der Waals surface area contributed by atoms with E-state index in [2.05, 4.69) is 31.4 Å². The van der Waals surface area contributed by atoms with Gasteiger partial charge in [0.15, 0.2) is 0 Å². The molecule has 1 saturated heterocycles. The number of benzene rings is 2. The zero-order valence-corrected chi connectivity index (χ0v) is 24.5. The van der Waals surface area contributed by atoms with Crippen molar-refractivity contribution in [1.29, 1.82) is 0 Å². The molecule has 6 rings (SSSR count). The van der Waals surface area contributed by atoms with Crippen LogP contribution >= 0.6 is 11.3 Å². The summed E-state index contributed by atoms with van der Waals surface area (Å²) < 4.78 is 15.3. The molecule has 0 saturated carbocycles. The van der Waals surface area contributed by atoms with Crippen molar-refractivity contribution in [1.82, 2.24) is 29.6 Å². The molecule has 1 atom stereocenters. The fourth-order valence-corrected chi connectivity index (χ4v) is 4.92. The fourth-order valence-electron chi connectivity index (χ4n) is 4.20. The van der Waals surface area contributed by atoms with Gasteiger partial charge in [0.2, 0.25) is 0 Å². The van der Waals surface area contributed by atoms with E-state index in [1.807, 2.05) is 82.7 Å². The molecule has 2 aromatic carbocycles. The zero-order chi connectivity index (χ0) is 28.4. The van der Waals surface area contributed by atoms with Crippen LogP contribution < -0.4 is 11.1 Å². The number of rotatable bonds is 3. The van der Waals surface area contributed by atoms with E-state index in [1.165, 1.54) is 0 Å². The third kappa shape index (κ3) is 7.70. The minimum atomic E-state index is -0.561. The first kappa shape index (κ1) is 29.9. The van der Waals surface area contributed by atoms with Gasteiger partial charge >= 0.3 is 0 Å². The van der Waals surface area contributed by atoms with Gasteiger partial charge in [-0.2, -0.15) is 5.10 Å². The minimum absolute atomic E-state index is 0.561. The van der Waals surface area contributed by atoms with Gasteiger partial charge in [-0.1, -0.05) is 27.7 Å². The van der Waals surface area contributed by atoms with Crippen molar-refractivity contribution >= 4 is 49.6 Å². The van der Waals surface area contributed by atoms with Crippen LogP contribution in [0.4, 0.5) is 21.6 Å². The highest BCUT2D eigenvalue weighted by Gasteiger charge is 2.15. The van der Waals surface area contributed by atoms with Gasteiger partial charge in [-0.3, -0.25) is 4.68 Å². The predicted octanol–water partition coefficient (Wildman–Crippen LogP) is 7.07. The Balaban J connectivity index is 0.000000297. The number of thiazole rings is 1. The number of nitrogens with two attached hydrogens (primary N) is 1. The number of hydrogen-bond donors (Lipinski definition) is 2. The number of likely N-dealkylation sites (tertiary alicyclic amines) is 1. The molecule has 3 N–H and O–H groups in total. The van der Waals surface area contributed by atoms with E-state index in [0.29, 0.717) is 18.1 Å². The van der Waals surface area contributed by atoms with Gasteiger partial charge in [0.1, 0.15) is 18.3 Å². The van der Waals surface area contributed by atoms with Crippen LogP contribution in [0.25, 0.3) is 32.2 Å². The summed E-state index contributed by atoms with van der Waals surface area (Å²) in [6, 6.07) is 9.93. The third-order valence-electron chi connectivity index (χ3n) is 5.98. The van der Waals surface area contributed by atoms with E-state index in [4.69, 9.17) is 5.73 Å². The average Bonchev–Trinajstić information content (AvgIpc) is 3.60. The van der Waals surface area contributed by atoms with Crippen LogP contribution in [-0.2, 0) is 7.05 Å². The molecule has 10 heteroatoms. The highest BCUT2D eigenvalue weighted by molar-refractivity contribution is 7.16. The summed E-state index contributed by atoms with van der Waals surface area (Å²) in [6.07, 6.45) is 6.51. The molecule has 0 bridgehead atoms. The summed E-state index contributed by atoms with van der Waals surface area (Å²) in [4.78, 5) is 15.2. The number of piperidine rings is 1. The highest BCUT2D eigenvalue weighted by Crippen LogP contribution is 2.33. The molecule has 8 nitrogen and oxygen atoms in total. The van der Waals surface area contributed by atoms with Crippen molar-refractivity contribution in [3.63, 3.8) is 0 Å². The van der Waals surface area contributed by atoms with Crippen LogP contribution in [-0.4, -0.2) is 55.9 Å². The molecule has 1 aliphatic rings. The van der Waals surface area contributed by atoms with Crippen LogP contribution in [0.15, 0.2) is 54.6 Å². The Morgan fingerprint density at radius 1 is 1.03 bits per heavy atom. The van der Waals surface area contributed by atoms with Crippen LogP contribution in [0, 0.1) is 0 Å². The standard InChI is InChI=1S/C19H15N7S.C6H12FN.2C2H6/c1-26-8-11(7-24-26)13-6-17-14(5-15(13)20)19(22-9-21-17)25-12-2-3-16-18(4-12)27-10-23-16;1-8-4-2-3-6(7)5-8;2*1-2/h2-10H,20H2,1H3,(H,21,22,25);6H,2-5H2,1H3;2*1-2H3. The largest absolute Gasteiger partial charge is 0.398 e. The van der Waals surface area contributed by atoms with Crippen molar-refractivity contribution in [2.24, 2.45) is 7.05 Å². The van der Waals surface area contributed by atoms with E-state index < -0.39 is 6.17 Å². The zero-order valence-electron chi connectivity index (χ0n) is 23.6. The van der Waals surface area contributed by atoms with Crippen molar-refractivity contribution in [3.05, 3.63) is 54.6 Å². The lowest BCUT2D eigenvalue weighted by atomic mass is 10.0. The number of anilines is 3. The van der Waals surface area contributed by atoms with Gasteiger partial charge in [0.05, 0.1) is 27.4 Å². The van der Waals surface area contributed by atoms with E-state index in [-0.39, 0.29) is 0 Å². The number of alkyl halides is 1. The quantitative estimate of drug-likeness (QED) is 0.232. The molecule has 4 heterocycles. The van der Waals surface area contributed by atoms with Gasteiger partial charge in [-0.05, 0) is 56.8 Å². The molecule has 0 amide bonds. The minimum Gasteiger partial charge on any atom is -0.398 e. The number of hydrogen-bond acceptors (Lipinski definition) is 8. The number of aromatic nitrogens is 5. The summed E-state index contributed by atoms with van der Waals surface area (Å²) >= 11 is 1.61. The number of halogens is 1. The normalized spacial score (nSPS) is 14.9. The Morgan fingerprint density at radius 2 is 1.82 bits per heavy atom. The number of fused-ring (bicyclic) bond motifs is 2. The van der Waals surface area contributed by atoms with Crippen molar-refractivity contribution < 1.29 is 4.39 Å². The lowest BCUT2D eigenvalue weighted by Crippen LogP contribution is -2.32. The Hall–Kier alpha value is -3.63. The summed E-state index contributed by atoms with van der Waals surface area (Å²) in [5.41, 5.74) is 13.4. The monoisotopic (exact) mass is 550 g/mol. The summed E-state index contributed by atoms with van der Waals surface area (Å²) in [5.74, 6) is 0.716. The molecule has 3 aromatic heterocycles. The molecule has 208 valence electrons. The lowest BCUT2D eigenvalue weighted by Gasteiger charge is -2.24. The summed E-state index contributed by atoms with van der Waals surface area (Å²) in [7, 11) is 3.84. The van der Waals surface area contributed by atoms with Crippen LogP contribution in [0.3, 0.4) is 0 Å². The second kappa shape index (κ2) is 14.5. The van der Waals surface area contributed by atoms with E-state index in [1.54, 1.807) is 28.5 Å². The van der Waals surface area contributed by atoms with Gasteiger partial charge in [-0.25, -0.2) is 19.3 Å². The summed E-state index contributed by atoms with van der Waals surface area (Å²) in [5, 5.41) is 8.46.